The predicted octanol–water partition coefficient (Wildman–Crippen LogP) is 10.3. The number of allylic oxidation sites excluding steroid dienone is 3. The van der Waals surface area contributed by atoms with Crippen molar-refractivity contribution in [3.8, 4) is 0 Å². The number of ether oxygens (including phenoxy) is 1. The smallest absolute Gasteiger partial charge is 0.305 e. The zero-order chi connectivity index (χ0) is 29.5. The van der Waals surface area contributed by atoms with Gasteiger partial charge < -0.3 is 14.3 Å². The van der Waals surface area contributed by atoms with E-state index in [0.29, 0.717) is 18.3 Å². The molecule has 42 heavy (non-hydrogen) atoms. The van der Waals surface area contributed by atoms with Crippen molar-refractivity contribution in [2.24, 2.45) is 22.7 Å². The lowest BCUT2D eigenvalue weighted by Gasteiger charge is -2.58. The normalized spacial score (nSPS) is 33.0. The first-order valence-corrected chi connectivity index (χ1v) is 17.7. The van der Waals surface area contributed by atoms with Gasteiger partial charge in [-0.3, -0.25) is 4.79 Å². The molecule has 1 spiro atoms. The molecule has 0 aliphatic heterocycles. The van der Waals surface area contributed by atoms with Gasteiger partial charge >= 0.3 is 5.97 Å². The van der Waals surface area contributed by atoms with Crippen molar-refractivity contribution in [3.05, 3.63) is 41.9 Å². The largest absolute Gasteiger partial charge is 0.465 e. The van der Waals surface area contributed by atoms with Crippen LogP contribution in [0.5, 0.6) is 0 Å². The second-order valence-electron chi connectivity index (χ2n) is 14.7. The Kier molecular flexibility index (Phi) is 10.8. The minimum Gasteiger partial charge on any atom is -0.465 e. The molecule has 1 heterocycles. The summed E-state index contributed by atoms with van der Waals surface area (Å²) in [4.78, 5) is 12.6. The highest BCUT2D eigenvalue weighted by atomic mass is 16.5. The minimum absolute atomic E-state index is 0.103. The Morgan fingerprint density at radius 1 is 1.00 bits per heavy atom. The van der Waals surface area contributed by atoms with E-state index in [9.17, 15) is 9.90 Å². The van der Waals surface area contributed by atoms with Crippen LogP contribution in [-0.2, 0) is 9.53 Å². The highest BCUT2D eigenvalue weighted by Crippen LogP contribution is 2.71. The Labute approximate surface area is 255 Å². The van der Waals surface area contributed by atoms with Gasteiger partial charge in [0.25, 0.3) is 0 Å². The highest BCUT2D eigenvalue weighted by molar-refractivity contribution is 5.69. The zero-order valence-corrected chi connectivity index (χ0v) is 26.7. The van der Waals surface area contributed by atoms with Crippen LogP contribution in [0.4, 0.5) is 0 Å². The molecule has 5 rings (SSSR count). The van der Waals surface area contributed by atoms with Crippen LogP contribution in [0.1, 0.15) is 160 Å². The summed E-state index contributed by atoms with van der Waals surface area (Å²) < 4.78 is 11.5. The van der Waals surface area contributed by atoms with Gasteiger partial charge in [0.1, 0.15) is 18.0 Å². The molecule has 234 valence electrons. The summed E-state index contributed by atoms with van der Waals surface area (Å²) in [7, 11) is 0. The third-order valence-electron chi connectivity index (χ3n) is 11.9. The summed E-state index contributed by atoms with van der Waals surface area (Å²) in [5.74, 6) is 2.21. The van der Waals surface area contributed by atoms with Gasteiger partial charge in [-0.1, -0.05) is 83.4 Å². The van der Waals surface area contributed by atoms with E-state index in [2.05, 4.69) is 44.2 Å². The third kappa shape index (κ3) is 6.95. The molecule has 4 aliphatic rings. The first kappa shape index (κ1) is 31.6. The van der Waals surface area contributed by atoms with Crippen molar-refractivity contribution in [1.82, 2.24) is 0 Å². The molecule has 3 unspecified atom stereocenters. The Morgan fingerprint density at radius 3 is 2.48 bits per heavy atom. The fraction of sp³-hybridized carbons (Fsp3) is 0.763. The zero-order valence-electron chi connectivity index (χ0n) is 26.7. The van der Waals surface area contributed by atoms with Gasteiger partial charge in [0.05, 0.1) is 6.26 Å². The third-order valence-corrected chi connectivity index (χ3v) is 11.9. The second-order valence-corrected chi connectivity index (χ2v) is 14.7. The maximum Gasteiger partial charge on any atom is 0.305 e. The van der Waals surface area contributed by atoms with Crippen LogP contribution in [0, 0.1) is 22.7 Å². The van der Waals surface area contributed by atoms with Crippen LogP contribution >= 0.6 is 0 Å². The van der Waals surface area contributed by atoms with Crippen molar-refractivity contribution in [2.75, 3.05) is 6.61 Å². The van der Waals surface area contributed by atoms with Gasteiger partial charge in [0.15, 0.2) is 0 Å². The number of carbonyl (C=O) groups is 1. The molecule has 0 aromatic carbocycles. The average Bonchev–Trinajstić information content (AvgIpc) is 3.54. The van der Waals surface area contributed by atoms with Gasteiger partial charge in [-0.05, 0) is 111 Å². The van der Waals surface area contributed by atoms with Crippen LogP contribution in [0.3, 0.4) is 0 Å². The molecule has 4 nitrogen and oxygen atoms in total. The molecule has 3 fully saturated rings. The second kappa shape index (κ2) is 14.3. The van der Waals surface area contributed by atoms with Gasteiger partial charge in [-0.15, -0.1) is 0 Å². The van der Waals surface area contributed by atoms with E-state index in [4.69, 9.17) is 9.15 Å². The molecular formula is C38H58O4. The molecule has 3 saturated carbocycles. The van der Waals surface area contributed by atoms with Crippen LogP contribution in [-0.4, -0.2) is 23.3 Å². The van der Waals surface area contributed by atoms with E-state index in [0.717, 1.165) is 57.1 Å². The maximum atomic E-state index is 12.6. The molecule has 2 bridgehead atoms. The number of unbranched alkanes of at least 4 members (excludes halogenated alkanes) is 11. The molecule has 0 saturated heterocycles. The van der Waals surface area contributed by atoms with Crippen molar-refractivity contribution in [2.45, 2.75) is 154 Å². The quantitative estimate of drug-likeness (QED) is 0.113. The first-order chi connectivity index (χ1) is 20.4. The molecule has 1 N–H and O–H groups in total. The molecule has 4 heteroatoms. The van der Waals surface area contributed by atoms with E-state index in [1.54, 1.807) is 0 Å². The summed E-state index contributed by atoms with van der Waals surface area (Å²) in [5, 5.41) is 11.8. The minimum atomic E-state index is -0.866. The van der Waals surface area contributed by atoms with Gasteiger partial charge in [-0.2, -0.15) is 0 Å². The SMILES string of the molecule is CCCCCCCCC=CCCCCCCCC(=O)OC[C@]1(O)C[C@@]23CCC4c5ccoc5C=C[C@]4(C)C2CCC1C3. The van der Waals surface area contributed by atoms with Crippen molar-refractivity contribution in [3.63, 3.8) is 0 Å². The van der Waals surface area contributed by atoms with Gasteiger partial charge in [-0.25, -0.2) is 0 Å². The summed E-state index contributed by atoms with van der Waals surface area (Å²) in [6.07, 6.45) is 34.2. The lowest BCUT2D eigenvalue weighted by Crippen LogP contribution is -2.49. The van der Waals surface area contributed by atoms with E-state index in [1.807, 2.05) is 6.26 Å². The van der Waals surface area contributed by atoms with Crippen molar-refractivity contribution >= 4 is 12.0 Å². The molecule has 0 amide bonds. The number of hydrogen-bond acceptors (Lipinski definition) is 4. The van der Waals surface area contributed by atoms with E-state index in [1.165, 1.54) is 76.2 Å². The Morgan fingerprint density at radius 2 is 1.71 bits per heavy atom. The number of esters is 1. The highest BCUT2D eigenvalue weighted by Gasteiger charge is 2.65. The van der Waals surface area contributed by atoms with E-state index < -0.39 is 5.60 Å². The van der Waals surface area contributed by atoms with Crippen LogP contribution in [0.2, 0.25) is 0 Å². The lowest BCUT2D eigenvalue weighted by molar-refractivity contribution is -0.154. The number of rotatable bonds is 17. The molecule has 0 radical (unpaired) electrons. The Hall–Kier alpha value is -1.81. The van der Waals surface area contributed by atoms with Crippen molar-refractivity contribution in [1.29, 1.82) is 0 Å². The molecular weight excluding hydrogens is 520 g/mol. The fourth-order valence-corrected chi connectivity index (χ4v) is 9.66. The van der Waals surface area contributed by atoms with Crippen LogP contribution < -0.4 is 0 Å². The molecule has 1 aromatic rings. The number of fused-ring (bicyclic) bond motifs is 5. The molecule has 1 aromatic heterocycles. The van der Waals surface area contributed by atoms with Crippen LogP contribution in [0.25, 0.3) is 6.08 Å². The average molecular weight is 579 g/mol. The van der Waals surface area contributed by atoms with Gasteiger partial charge in [0, 0.05) is 12.0 Å². The summed E-state index contributed by atoms with van der Waals surface area (Å²) in [5.41, 5.74) is 0.765. The summed E-state index contributed by atoms with van der Waals surface area (Å²) in [6.45, 7) is 4.90. The lowest BCUT2D eigenvalue weighted by atomic mass is 9.46. The van der Waals surface area contributed by atoms with E-state index >= 15 is 0 Å². The predicted molar refractivity (Wildman–Crippen MR) is 171 cm³/mol. The topological polar surface area (TPSA) is 59.7 Å². The number of carbonyl (C=O) groups excluding carboxylic acids is 1. The number of furan rings is 1. The summed E-state index contributed by atoms with van der Waals surface area (Å²) >= 11 is 0. The number of hydrogen-bond donors (Lipinski definition) is 1. The number of aliphatic hydroxyl groups is 1. The first-order valence-electron chi connectivity index (χ1n) is 17.7. The fourth-order valence-electron chi connectivity index (χ4n) is 9.66. The Balaban J connectivity index is 0.966. The van der Waals surface area contributed by atoms with Crippen LogP contribution in [0.15, 0.2) is 35.0 Å². The molecule has 4 aliphatic carbocycles. The van der Waals surface area contributed by atoms with Crippen molar-refractivity contribution < 1.29 is 19.1 Å². The maximum absolute atomic E-state index is 12.6. The van der Waals surface area contributed by atoms with Gasteiger partial charge in [0.2, 0.25) is 0 Å². The standard InChI is InChI=1S/C38H58O4/c1-3-4-5-6-7-8-9-10-11-12-13-14-15-16-17-18-35(39)42-29-38(40)28-37-25-21-32-31-23-26-41-33(31)22-24-36(32,2)34(37)20-19-30(38)27-37/h10-11,22-24,26,30,32,34,40H,3-9,12-21,25,27-29H2,1-2H3/t30?,32?,34?,36-,37-,38+/m0/s1. The molecule has 6 atom stereocenters. The summed E-state index contributed by atoms with van der Waals surface area (Å²) in [6, 6.07) is 2.17. The Bertz CT molecular complexity index is 1070. The van der Waals surface area contributed by atoms with E-state index in [-0.39, 0.29) is 29.3 Å². The monoisotopic (exact) mass is 578 g/mol.